The number of hydroxylamine groups is 1. The molecule has 11 heavy (non-hydrogen) atoms. The monoisotopic (exact) mass is 161 g/mol. The fourth-order valence-electron chi connectivity index (χ4n) is 0.430. The molecule has 0 radical (unpaired) electrons. The van der Waals surface area contributed by atoms with E-state index in [1.807, 2.05) is 0 Å². The molecule has 0 aliphatic heterocycles. The predicted molar refractivity (Wildman–Crippen MR) is 41.0 cm³/mol. The van der Waals surface area contributed by atoms with Crippen LogP contribution in [0.15, 0.2) is 0 Å². The molecule has 0 aliphatic carbocycles. The fraction of sp³-hybridized carbons (Fsp3) is 0.857. The third kappa shape index (κ3) is 7.12. The van der Waals surface area contributed by atoms with Crippen LogP contribution in [0.3, 0.4) is 0 Å². The minimum absolute atomic E-state index is 0.430. The maximum atomic E-state index is 10.8. The summed E-state index contributed by atoms with van der Waals surface area (Å²) in [6.07, 6.45) is -0.556. The van der Waals surface area contributed by atoms with Crippen molar-refractivity contribution in [2.75, 3.05) is 6.61 Å². The minimum Gasteiger partial charge on any atom is -0.442 e. The molecular formula is C7H15NO3. The number of rotatable bonds is 2. The van der Waals surface area contributed by atoms with Crippen LogP contribution in [0.2, 0.25) is 0 Å². The van der Waals surface area contributed by atoms with Gasteiger partial charge in [0.2, 0.25) is 0 Å². The summed E-state index contributed by atoms with van der Waals surface area (Å²) in [5.74, 6) is 0. The van der Waals surface area contributed by atoms with Gasteiger partial charge in [-0.3, -0.25) is 4.84 Å². The van der Waals surface area contributed by atoms with E-state index in [9.17, 15) is 4.79 Å². The molecule has 0 aromatic heterocycles. The zero-order valence-electron chi connectivity index (χ0n) is 7.43. The summed E-state index contributed by atoms with van der Waals surface area (Å²) >= 11 is 0. The number of nitrogens with one attached hydrogen (secondary N) is 1. The quantitative estimate of drug-likeness (QED) is 0.624. The molecule has 0 heterocycles. The first-order valence-electron chi connectivity index (χ1n) is 3.56. The van der Waals surface area contributed by atoms with Crippen LogP contribution in [-0.2, 0) is 9.57 Å². The molecule has 0 rings (SSSR count). The Labute approximate surface area is 66.8 Å². The Bertz CT molecular complexity index is 128. The highest BCUT2D eigenvalue weighted by Gasteiger charge is 2.15. The molecule has 0 spiro atoms. The number of hydrogen-bond acceptors (Lipinski definition) is 3. The van der Waals surface area contributed by atoms with Crippen LogP contribution in [0.4, 0.5) is 4.79 Å². The maximum Gasteiger partial charge on any atom is 0.431 e. The van der Waals surface area contributed by atoms with Gasteiger partial charge in [-0.15, -0.1) is 0 Å². The molecule has 66 valence electrons. The summed E-state index contributed by atoms with van der Waals surface area (Å²) in [6, 6.07) is 0. The van der Waals surface area contributed by atoms with Crippen molar-refractivity contribution < 1.29 is 14.4 Å². The van der Waals surface area contributed by atoms with E-state index in [4.69, 9.17) is 4.74 Å². The number of carbonyl (C=O) groups is 1. The molecule has 0 unspecified atom stereocenters. The third-order valence-electron chi connectivity index (χ3n) is 0.699. The Kier molecular flexibility index (Phi) is 3.89. The lowest BCUT2D eigenvalue weighted by Gasteiger charge is -2.19. The number of amides is 1. The first kappa shape index (κ1) is 10.2. The van der Waals surface area contributed by atoms with Gasteiger partial charge in [-0.1, -0.05) is 0 Å². The van der Waals surface area contributed by atoms with Gasteiger partial charge in [0.05, 0.1) is 6.61 Å². The Morgan fingerprint density at radius 1 is 1.45 bits per heavy atom. The summed E-state index contributed by atoms with van der Waals surface area (Å²) in [4.78, 5) is 15.4. The Morgan fingerprint density at radius 2 is 2.00 bits per heavy atom. The van der Waals surface area contributed by atoms with Gasteiger partial charge in [0.1, 0.15) is 5.60 Å². The van der Waals surface area contributed by atoms with Crippen molar-refractivity contribution in [1.82, 2.24) is 5.48 Å². The molecule has 0 fully saturated rings. The second kappa shape index (κ2) is 4.18. The van der Waals surface area contributed by atoms with Crippen LogP contribution in [0.25, 0.3) is 0 Å². The molecule has 0 aliphatic rings. The summed E-state index contributed by atoms with van der Waals surface area (Å²) in [5, 5.41) is 0. The van der Waals surface area contributed by atoms with E-state index in [1.54, 1.807) is 27.7 Å². The van der Waals surface area contributed by atoms with Gasteiger partial charge in [0.25, 0.3) is 0 Å². The number of carbonyl (C=O) groups excluding carboxylic acids is 1. The first-order valence-corrected chi connectivity index (χ1v) is 3.56. The Balaban J connectivity index is 3.53. The average molecular weight is 161 g/mol. The lowest BCUT2D eigenvalue weighted by molar-refractivity contribution is -0.00406. The molecular weight excluding hydrogens is 146 g/mol. The van der Waals surface area contributed by atoms with Crippen LogP contribution >= 0.6 is 0 Å². The second-order valence-corrected chi connectivity index (χ2v) is 3.04. The van der Waals surface area contributed by atoms with Gasteiger partial charge in [-0.05, 0) is 27.7 Å². The Morgan fingerprint density at radius 3 is 2.36 bits per heavy atom. The molecule has 0 atom stereocenters. The summed E-state index contributed by atoms with van der Waals surface area (Å²) < 4.78 is 4.86. The SMILES string of the molecule is CCONC(=O)OC(C)(C)C. The third-order valence-corrected chi connectivity index (χ3v) is 0.699. The van der Waals surface area contributed by atoms with Crippen LogP contribution in [0.1, 0.15) is 27.7 Å². The molecule has 4 nitrogen and oxygen atoms in total. The highest BCUT2D eigenvalue weighted by atomic mass is 16.7. The van der Waals surface area contributed by atoms with Crippen LogP contribution in [0.5, 0.6) is 0 Å². The summed E-state index contributed by atoms with van der Waals surface area (Å²) in [6.45, 7) is 7.58. The van der Waals surface area contributed by atoms with Crippen LogP contribution in [-0.4, -0.2) is 18.3 Å². The number of hydrogen-bond donors (Lipinski definition) is 1. The predicted octanol–water partition coefficient (Wildman–Crippen LogP) is 1.46. The highest BCUT2D eigenvalue weighted by Crippen LogP contribution is 2.05. The van der Waals surface area contributed by atoms with E-state index in [0.29, 0.717) is 6.61 Å². The summed E-state index contributed by atoms with van der Waals surface area (Å²) in [5.41, 5.74) is 1.66. The van der Waals surface area contributed by atoms with E-state index in [1.165, 1.54) is 0 Å². The van der Waals surface area contributed by atoms with E-state index < -0.39 is 11.7 Å². The molecule has 1 N–H and O–H groups in total. The van der Waals surface area contributed by atoms with E-state index in [-0.39, 0.29) is 0 Å². The second-order valence-electron chi connectivity index (χ2n) is 3.04. The van der Waals surface area contributed by atoms with E-state index >= 15 is 0 Å². The van der Waals surface area contributed by atoms with Crippen molar-refractivity contribution in [3.8, 4) is 0 Å². The lowest BCUT2D eigenvalue weighted by atomic mass is 10.2. The van der Waals surface area contributed by atoms with Gasteiger partial charge in [0, 0.05) is 0 Å². The number of ether oxygens (including phenoxy) is 1. The molecule has 1 amide bonds. The largest absolute Gasteiger partial charge is 0.442 e. The fourth-order valence-corrected chi connectivity index (χ4v) is 0.430. The molecule has 0 bridgehead atoms. The van der Waals surface area contributed by atoms with Crippen LogP contribution in [0, 0.1) is 0 Å². The van der Waals surface area contributed by atoms with E-state index in [2.05, 4.69) is 10.3 Å². The van der Waals surface area contributed by atoms with Crippen molar-refractivity contribution in [3.63, 3.8) is 0 Å². The first-order chi connectivity index (χ1) is 4.95. The molecule has 0 aromatic carbocycles. The maximum absolute atomic E-state index is 10.8. The van der Waals surface area contributed by atoms with Crippen molar-refractivity contribution in [3.05, 3.63) is 0 Å². The standard InChI is InChI=1S/C7H15NO3/c1-5-10-8-6(9)11-7(2,3)4/h5H2,1-4H3,(H,8,9). The zero-order chi connectivity index (χ0) is 8.91. The van der Waals surface area contributed by atoms with Crippen molar-refractivity contribution >= 4 is 6.09 Å². The zero-order valence-corrected chi connectivity index (χ0v) is 7.43. The van der Waals surface area contributed by atoms with Crippen molar-refractivity contribution in [2.45, 2.75) is 33.3 Å². The molecule has 0 saturated heterocycles. The van der Waals surface area contributed by atoms with E-state index in [0.717, 1.165) is 0 Å². The van der Waals surface area contributed by atoms with Crippen molar-refractivity contribution in [1.29, 1.82) is 0 Å². The average Bonchev–Trinajstić information content (AvgIpc) is 1.79. The minimum atomic E-state index is -0.556. The van der Waals surface area contributed by atoms with Crippen LogP contribution < -0.4 is 5.48 Å². The van der Waals surface area contributed by atoms with Gasteiger partial charge in [-0.2, -0.15) is 5.48 Å². The molecule has 0 saturated carbocycles. The Hall–Kier alpha value is -0.770. The topological polar surface area (TPSA) is 47.6 Å². The lowest BCUT2D eigenvalue weighted by Crippen LogP contribution is -2.32. The summed E-state index contributed by atoms with van der Waals surface area (Å²) in [7, 11) is 0. The van der Waals surface area contributed by atoms with Gasteiger partial charge >= 0.3 is 6.09 Å². The van der Waals surface area contributed by atoms with Gasteiger partial charge < -0.3 is 4.74 Å². The highest BCUT2D eigenvalue weighted by molar-refractivity contribution is 5.66. The molecule has 0 aromatic rings. The normalized spacial score (nSPS) is 10.9. The smallest absolute Gasteiger partial charge is 0.431 e. The van der Waals surface area contributed by atoms with Gasteiger partial charge in [-0.25, -0.2) is 4.79 Å². The van der Waals surface area contributed by atoms with Crippen molar-refractivity contribution in [2.24, 2.45) is 0 Å². The van der Waals surface area contributed by atoms with Gasteiger partial charge in [0.15, 0.2) is 0 Å². The molecule has 4 heteroatoms.